The van der Waals surface area contributed by atoms with Gasteiger partial charge in [0, 0.05) is 0 Å². The Hall–Kier alpha value is -0.563. The van der Waals surface area contributed by atoms with E-state index in [0.29, 0.717) is 0 Å². The fourth-order valence-electron chi connectivity index (χ4n) is 5.18. The van der Waals surface area contributed by atoms with Crippen molar-refractivity contribution in [3.8, 4) is 0 Å². The molecule has 0 saturated heterocycles. The van der Waals surface area contributed by atoms with E-state index in [2.05, 4.69) is 46.9 Å². The first-order chi connectivity index (χ1) is 15.0. The van der Waals surface area contributed by atoms with Crippen molar-refractivity contribution in [1.29, 1.82) is 0 Å². The molecule has 1 radical (unpaired) electrons. The summed E-state index contributed by atoms with van der Waals surface area (Å²) in [7, 11) is -0.420. The number of hydrogen-bond acceptors (Lipinski definition) is 0. The molecule has 1 aromatic carbocycles. The summed E-state index contributed by atoms with van der Waals surface area (Å²) < 4.78 is 0. The fraction of sp³-hybridized carbons (Fsp3) is 0.800. The van der Waals surface area contributed by atoms with Crippen LogP contribution in [0.1, 0.15) is 139 Å². The molecule has 0 aliphatic rings. The molecule has 0 aromatic heterocycles. The Balaban J connectivity index is 2.51. The van der Waals surface area contributed by atoms with Crippen molar-refractivity contribution in [3.63, 3.8) is 0 Å². The lowest BCUT2D eigenvalue weighted by atomic mass is 9.93. The van der Waals surface area contributed by atoms with Crippen LogP contribution < -0.4 is 5.19 Å². The van der Waals surface area contributed by atoms with Crippen LogP contribution in [0.4, 0.5) is 0 Å². The van der Waals surface area contributed by atoms with Crippen LogP contribution >= 0.6 is 0 Å². The molecule has 0 aliphatic heterocycles. The third-order valence-corrected chi connectivity index (χ3v) is 8.78. The molecule has 0 amide bonds. The van der Waals surface area contributed by atoms with Gasteiger partial charge in [0.1, 0.15) is 0 Å². The lowest BCUT2D eigenvalue weighted by molar-refractivity contribution is 0.574. The van der Waals surface area contributed by atoms with Crippen LogP contribution in [0.3, 0.4) is 0 Å². The topological polar surface area (TPSA) is 0 Å². The molecule has 31 heavy (non-hydrogen) atoms. The Morgan fingerprint density at radius 2 is 1.00 bits per heavy atom. The van der Waals surface area contributed by atoms with E-state index < -0.39 is 8.80 Å². The monoisotopic (exact) mass is 443 g/mol. The lowest BCUT2D eigenvalue weighted by Crippen LogP contribution is -2.31. The summed E-state index contributed by atoms with van der Waals surface area (Å²) in [4.78, 5) is 0. The van der Waals surface area contributed by atoms with Gasteiger partial charge in [-0.2, -0.15) is 0 Å². The minimum Gasteiger partial charge on any atom is -0.0671 e. The molecule has 0 heterocycles. The van der Waals surface area contributed by atoms with E-state index in [-0.39, 0.29) is 0 Å². The first-order valence-electron chi connectivity index (χ1n) is 13.9. The molecule has 0 spiro atoms. The molecule has 0 fully saturated rings. The second-order valence-corrected chi connectivity index (χ2v) is 12.8. The molecular weight excluding hydrogens is 388 g/mol. The van der Waals surface area contributed by atoms with Gasteiger partial charge < -0.3 is 0 Å². The molecule has 0 aliphatic carbocycles. The van der Waals surface area contributed by atoms with Gasteiger partial charge in [-0.25, -0.2) is 0 Å². The van der Waals surface area contributed by atoms with Crippen LogP contribution in [0, 0.1) is 13.8 Å². The van der Waals surface area contributed by atoms with Crippen molar-refractivity contribution in [2.75, 3.05) is 0 Å². The van der Waals surface area contributed by atoms with E-state index in [9.17, 15) is 0 Å². The van der Waals surface area contributed by atoms with Gasteiger partial charge in [-0.3, -0.25) is 0 Å². The molecule has 0 atom stereocenters. The zero-order valence-electron chi connectivity index (χ0n) is 22.3. The number of aryl methyl sites for hydroxylation is 2. The molecule has 1 heteroatoms. The van der Waals surface area contributed by atoms with Gasteiger partial charge in [-0.1, -0.05) is 128 Å². The molecule has 0 bridgehead atoms. The predicted octanol–water partition coefficient (Wildman–Crippen LogP) is 9.63. The normalized spacial score (nSPS) is 11.6. The molecule has 1 rings (SSSR count). The van der Waals surface area contributed by atoms with Crippen LogP contribution in [0.25, 0.3) is 0 Å². The van der Waals surface area contributed by atoms with Gasteiger partial charge in [0.15, 0.2) is 0 Å². The molecule has 0 saturated carbocycles. The van der Waals surface area contributed by atoms with Crippen molar-refractivity contribution in [2.45, 2.75) is 156 Å². The van der Waals surface area contributed by atoms with Crippen LogP contribution in [-0.4, -0.2) is 8.80 Å². The molecule has 1 aromatic rings. The Kier molecular flexibility index (Phi) is 16.5. The Morgan fingerprint density at radius 1 is 0.581 bits per heavy atom. The van der Waals surface area contributed by atoms with Gasteiger partial charge in [-0.15, -0.1) is 0 Å². The first-order valence-corrected chi connectivity index (χ1v) is 16.4. The van der Waals surface area contributed by atoms with Crippen molar-refractivity contribution in [3.05, 3.63) is 28.3 Å². The van der Waals surface area contributed by atoms with Crippen molar-refractivity contribution >= 4 is 14.0 Å². The number of benzene rings is 1. The maximum absolute atomic E-state index is 2.56. The van der Waals surface area contributed by atoms with Crippen LogP contribution in [0.5, 0.6) is 0 Å². The third-order valence-electron chi connectivity index (χ3n) is 7.11. The summed E-state index contributed by atoms with van der Waals surface area (Å²) in [6.45, 7) is 14.4. The number of hydrogen-bond donors (Lipinski definition) is 0. The van der Waals surface area contributed by atoms with E-state index in [1.165, 1.54) is 116 Å². The molecule has 0 nitrogen and oxygen atoms in total. The Bertz CT molecular complexity index is 572. The maximum atomic E-state index is 2.56. The van der Waals surface area contributed by atoms with Crippen LogP contribution in [-0.2, 0) is 12.8 Å². The quantitative estimate of drug-likeness (QED) is 0.147. The predicted molar refractivity (Wildman–Crippen MR) is 146 cm³/mol. The number of rotatable bonds is 19. The molecule has 0 N–H and O–H groups in total. The second kappa shape index (κ2) is 17.9. The summed E-state index contributed by atoms with van der Waals surface area (Å²) in [5, 5.41) is 1.78. The Morgan fingerprint density at radius 3 is 1.45 bits per heavy atom. The molecule has 0 unspecified atom stereocenters. The highest BCUT2D eigenvalue weighted by molar-refractivity contribution is 6.71. The second-order valence-electron chi connectivity index (χ2n) is 10.3. The first kappa shape index (κ1) is 28.5. The third kappa shape index (κ3) is 11.7. The largest absolute Gasteiger partial charge is 0.0799 e. The van der Waals surface area contributed by atoms with Gasteiger partial charge in [0.05, 0.1) is 8.80 Å². The molecule has 179 valence electrons. The van der Waals surface area contributed by atoms with Crippen molar-refractivity contribution in [1.82, 2.24) is 0 Å². The van der Waals surface area contributed by atoms with Crippen molar-refractivity contribution < 1.29 is 0 Å². The minimum atomic E-state index is -0.420. The van der Waals surface area contributed by atoms with Gasteiger partial charge in [0.25, 0.3) is 0 Å². The standard InChI is InChI=1S/C30H55Si/c1-7-9-11-13-15-17-19-21-23-28-25-26(3)29(30(27(28)4)31(5)6)24-22-20-18-16-14-12-10-8-2/h25H,7-24H2,1-6H3. The van der Waals surface area contributed by atoms with E-state index >= 15 is 0 Å². The smallest absolute Gasteiger partial charge is 0.0671 e. The summed E-state index contributed by atoms with van der Waals surface area (Å²) >= 11 is 0. The summed E-state index contributed by atoms with van der Waals surface area (Å²) in [6, 6.07) is 2.56. The van der Waals surface area contributed by atoms with E-state index in [0.717, 1.165) is 0 Å². The van der Waals surface area contributed by atoms with Gasteiger partial charge in [-0.05, 0) is 61.8 Å². The summed E-state index contributed by atoms with van der Waals surface area (Å²) in [6.07, 6.45) is 25.3. The average Bonchev–Trinajstić information content (AvgIpc) is 2.74. The van der Waals surface area contributed by atoms with Crippen LogP contribution in [0.15, 0.2) is 6.07 Å². The summed E-state index contributed by atoms with van der Waals surface area (Å²) in [5.74, 6) is 0. The van der Waals surface area contributed by atoms with E-state index in [1.54, 1.807) is 27.4 Å². The maximum Gasteiger partial charge on any atom is 0.0799 e. The van der Waals surface area contributed by atoms with Gasteiger partial charge in [0.2, 0.25) is 0 Å². The highest BCUT2D eigenvalue weighted by Gasteiger charge is 2.16. The average molecular weight is 444 g/mol. The highest BCUT2D eigenvalue weighted by atomic mass is 28.3. The minimum absolute atomic E-state index is 0.420. The fourth-order valence-corrected chi connectivity index (χ4v) is 7.02. The SMILES string of the molecule is CCCCCCCCCCc1cc(C)c(CCCCCCCCCC)c([Si](C)C)c1C. The molecular formula is C30H55Si. The zero-order chi connectivity index (χ0) is 22.9. The zero-order valence-corrected chi connectivity index (χ0v) is 23.3. The van der Waals surface area contributed by atoms with E-state index in [1.807, 2.05) is 0 Å². The van der Waals surface area contributed by atoms with Crippen LogP contribution in [0.2, 0.25) is 13.1 Å². The Labute approximate surface area is 198 Å². The van der Waals surface area contributed by atoms with Gasteiger partial charge >= 0.3 is 0 Å². The highest BCUT2D eigenvalue weighted by Crippen LogP contribution is 2.21. The number of unbranched alkanes of at least 4 members (excludes halogenated alkanes) is 14. The summed E-state index contributed by atoms with van der Waals surface area (Å²) in [5.41, 5.74) is 6.62. The van der Waals surface area contributed by atoms with E-state index in [4.69, 9.17) is 0 Å². The lowest BCUT2D eigenvalue weighted by Gasteiger charge is -2.21. The van der Waals surface area contributed by atoms with Crippen molar-refractivity contribution in [2.24, 2.45) is 0 Å².